The lowest BCUT2D eigenvalue weighted by molar-refractivity contribution is -0.920. The molecule has 2 aliphatic rings. The third-order valence-electron chi connectivity index (χ3n) is 4.87. The minimum absolute atomic E-state index is 0.184. The Balaban J connectivity index is 1.73. The molecule has 1 aromatic carbocycles. The van der Waals surface area contributed by atoms with E-state index < -0.39 is 5.97 Å². The first-order valence-corrected chi connectivity index (χ1v) is 8.68. The predicted molar refractivity (Wildman–Crippen MR) is 89.2 cm³/mol. The number of aliphatic hydroxyl groups is 1. The largest absolute Gasteiger partial charge is 0.462 e. The van der Waals surface area contributed by atoms with Crippen molar-refractivity contribution in [1.29, 1.82) is 0 Å². The number of carbonyl (C=O) groups is 3. The van der Waals surface area contributed by atoms with E-state index in [1.807, 2.05) is 0 Å². The van der Waals surface area contributed by atoms with Crippen LogP contribution in [0.5, 0.6) is 0 Å². The number of amides is 2. The number of hydrogen-bond acceptors (Lipinski definition) is 5. The lowest BCUT2D eigenvalue weighted by Crippen LogP contribution is -3.17. The van der Waals surface area contributed by atoms with Crippen LogP contribution in [0.3, 0.4) is 0 Å². The van der Waals surface area contributed by atoms with Gasteiger partial charge in [0.15, 0.2) is 6.04 Å². The second kappa shape index (κ2) is 7.33. The summed E-state index contributed by atoms with van der Waals surface area (Å²) < 4.78 is 4.93. The van der Waals surface area contributed by atoms with Crippen molar-refractivity contribution in [2.75, 3.05) is 24.6 Å². The maximum absolute atomic E-state index is 12.7. The molecular weight excluding hydrogens is 324 g/mol. The van der Waals surface area contributed by atoms with E-state index >= 15 is 0 Å². The zero-order valence-corrected chi connectivity index (χ0v) is 14.2. The third kappa shape index (κ3) is 3.57. The number of rotatable bonds is 4. The highest BCUT2D eigenvalue weighted by molar-refractivity contribution is 6.21. The number of quaternary nitrogens is 1. The summed E-state index contributed by atoms with van der Waals surface area (Å²) in [6, 6.07) is 5.93. The Morgan fingerprint density at radius 2 is 1.88 bits per heavy atom. The standard InChI is InChI=1S/C18H22N2O5/c1-2-25-18(24)12-3-5-13(6-4-12)20-16(22)11-15(17(20)23)19-9-7-14(21)8-10-19/h3-6,14-15,21H,2,7-11H2,1H3/p+1/t15-/m1/s1. The molecule has 7 nitrogen and oxygen atoms in total. The highest BCUT2D eigenvalue weighted by Crippen LogP contribution is 2.23. The summed E-state index contributed by atoms with van der Waals surface area (Å²) in [6.45, 7) is 3.41. The Labute approximate surface area is 146 Å². The van der Waals surface area contributed by atoms with Gasteiger partial charge in [-0.1, -0.05) is 0 Å². The summed E-state index contributed by atoms with van der Waals surface area (Å²) in [4.78, 5) is 39.1. The van der Waals surface area contributed by atoms with E-state index in [1.54, 1.807) is 31.2 Å². The van der Waals surface area contributed by atoms with Gasteiger partial charge in [0.1, 0.15) is 0 Å². The minimum Gasteiger partial charge on any atom is -0.462 e. The van der Waals surface area contributed by atoms with Gasteiger partial charge in [-0.05, 0) is 31.2 Å². The smallest absolute Gasteiger partial charge is 0.338 e. The number of nitrogens with zero attached hydrogens (tertiary/aromatic N) is 1. The van der Waals surface area contributed by atoms with Gasteiger partial charge in [0, 0.05) is 12.8 Å². The van der Waals surface area contributed by atoms with Gasteiger partial charge in [0.2, 0.25) is 5.91 Å². The molecule has 0 bridgehead atoms. The monoisotopic (exact) mass is 347 g/mol. The number of likely N-dealkylation sites (tertiary alicyclic amines) is 1. The molecule has 0 aromatic heterocycles. The Morgan fingerprint density at radius 3 is 2.48 bits per heavy atom. The van der Waals surface area contributed by atoms with Crippen LogP contribution in [0, 0.1) is 0 Å². The fraction of sp³-hybridized carbons (Fsp3) is 0.500. The van der Waals surface area contributed by atoms with Crippen LogP contribution < -0.4 is 9.80 Å². The Morgan fingerprint density at radius 1 is 1.24 bits per heavy atom. The van der Waals surface area contributed by atoms with Gasteiger partial charge in [-0.2, -0.15) is 0 Å². The average Bonchev–Trinajstić information content (AvgIpc) is 2.90. The van der Waals surface area contributed by atoms with Crippen molar-refractivity contribution in [3.05, 3.63) is 29.8 Å². The molecule has 0 aliphatic carbocycles. The van der Waals surface area contributed by atoms with Crippen molar-refractivity contribution in [1.82, 2.24) is 0 Å². The summed E-state index contributed by atoms with van der Waals surface area (Å²) in [5.74, 6) is -0.861. The third-order valence-corrected chi connectivity index (χ3v) is 4.87. The normalized spacial score (nSPS) is 26.8. The first kappa shape index (κ1) is 17.6. The number of carbonyl (C=O) groups excluding carboxylic acids is 3. The van der Waals surface area contributed by atoms with Crippen molar-refractivity contribution in [3.8, 4) is 0 Å². The Kier molecular flexibility index (Phi) is 5.15. The number of benzene rings is 1. The van der Waals surface area contributed by atoms with Gasteiger partial charge in [0.05, 0.1) is 43.5 Å². The second-order valence-corrected chi connectivity index (χ2v) is 6.48. The maximum atomic E-state index is 12.7. The molecule has 0 radical (unpaired) electrons. The fourth-order valence-corrected chi connectivity index (χ4v) is 3.50. The topological polar surface area (TPSA) is 88.3 Å². The van der Waals surface area contributed by atoms with Crippen LogP contribution in [0.1, 0.15) is 36.5 Å². The van der Waals surface area contributed by atoms with Gasteiger partial charge in [-0.3, -0.25) is 9.59 Å². The average molecular weight is 347 g/mol. The molecule has 0 spiro atoms. The molecular formula is C18H23N2O5+. The quantitative estimate of drug-likeness (QED) is 0.568. The van der Waals surface area contributed by atoms with Crippen LogP contribution >= 0.6 is 0 Å². The number of piperidine rings is 1. The molecule has 2 heterocycles. The molecule has 2 N–H and O–H groups in total. The SMILES string of the molecule is CCOC(=O)c1ccc(N2C(=O)C[C@@H]([NH+]3CCC(O)CC3)C2=O)cc1. The van der Waals surface area contributed by atoms with Crippen molar-refractivity contribution in [3.63, 3.8) is 0 Å². The molecule has 2 amide bonds. The van der Waals surface area contributed by atoms with E-state index in [0.29, 0.717) is 43.8 Å². The highest BCUT2D eigenvalue weighted by Gasteiger charge is 2.46. The molecule has 134 valence electrons. The lowest BCUT2D eigenvalue weighted by Gasteiger charge is -2.29. The van der Waals surface area contributed by atoms with Gasteiger partial charge in [0.25, 0.3) is 5.91 Å². The molecule has 2 aliphatic heterocycles. The van der Waals surface area contributed by atoms with Gasteiger partial charge in [-0.15, -0.1) is 0 Å². The number of imide groups is 1. The second-order valence-electron chi connectivity index (χ2n) is 6.48. The minimum atomic E-state index is -0.428. The van der Waals surface area contributed by atoms with Gasteiger partial charge in [-0.25, -0.2) is 9.69 Å². The summed E-state index contributed by atoms with van der Waals surface area (Å²) in [7, 11) is 0. The number of hydrogen-bond donors (Lipinski definition) is 2. The number of esters is 1. The van der Waals surface area contributed by atoms with E-state index in [4.69, 9.17) is 4.74 Å². The molecule has 25 heavy (non-hydrogen) atoms. The van der Waals surface area contributed by atoms with Gasteiger partial charge >= 0.3 is 5.97 Å². The molecule has 2 saturated heterocycles. The van der Waals surface area contributed by atoms with Crippen LogP contribution in [0.4, 0.5) is 5.69 Å². The summed E-state index contributed by atoms with van der Waals surface area (Å²) >= 11 is 0. The van der Waals surface area contributed by atoms with E-state index in [0.717, 1.165) is 4.90 Å². The first-order valence-electron chi connectivity index (χ1n) is 8.68. The summed E-state index contributed by atoms with van der Waals surface area (Å²) in [5, 5.41) is 9.61. The molecule has 0 saturated carbocycles. The summed E-state index contributed by atoms with van der Waals surface area (Å²) in [5.41, 5.74) is 0.860. The number of ether oxygens (including phenoxy) is 1. The van der Waals surface area contributed by atoms with E-state index in [9.17, 15) is 19.5 Å². The van der Waals surface area contributed by atoms with E-state index in [2.05, 4.69) is 0 Å². The Bertz CT molecular complexity index is 665. The molecule has 1 atom stereocenters. The maximum Gasteiger partial charge on any atom is 0.338 e. The number of aliphatic hydroxyl groups excluding tert-OH is 1. The van der Waals surface area contributed by atoms with Crippen LogP contribution in [0.15, 0.2) is 24.3 Å². The van der Waals surface area contributed by atoms with Crippen molar-refractivity contribution in [2.45, 2.75) is 38.3 Å². The number of anilines is 1. The lowest BCUT2D eigenvalue weighted by atomic mass is 10.1. The molecule has 1 aromatic rings. The highest BCUT2D eigenvalue weighted by atomic mass is 16.5. The molecule has 2 fully saturated rings. The van der Waals surface area contributed by atoms with Crippen LogP contribution in [0.25, 0.3) is 0 Å². The van der Waals surface area contributed by atoms with Crippen LogP contribution in [0.2, 0.25) is 0 Å². The predicted octanol–water partition coefficient (Wildman–Crippen LogP) is -0.465. The van der Waals surface area contributed by atoms with E-state index in [1.165, 1.54) is 4.90 Å². The summed E-state index contributed by atoms with van der Waals surface area (Å²) in [6.07, 6.45) is 1.19. The fourth-order valence-electron chi connectivity index (χ4n) is 3.50. The first-order chi connectivity index (χ1) is 12.0. The van der Waals surface area contributed by atoms with Crippen molar-refractivity contribution >= 4 is 23.5 Å². The van der Waals surface area contributed by atoms with Crippen LogP contribution in [-0.2, 0) is 14.3 Å². The van der Waals surface area contributed by atoms with Crippen molar-refractivity contribution < 1.29 is 29.1 Å². The zero-order valence-electron chi connectivity index (χ0n) is 14.2. The van der Waals surface area contributed by atoms with Crippen molar-refractivity contribution in [2.24, 2.45) is 0 Å². The Hall–Kier alpha value is -2.25. The number of nitrogens with one attached hydrogen (secondary N) is 1. The molecule has 3 rings (SSSR count). The zero-order chi connectivity index (χ0) is 18.0. The molecule has 0 unspecified atom stereocenters. The van der Waals surface area contributed by atoms with E-state index in [-0.39, 0.29) is 30.4 Å². The molecule has 7 heteroatoms. The van der Waals surface area contributed by atoms with Crippen LogP contribution in [-0.4, -0.2) is 54.7 Å². The van der Waals surface area contributed by atoms with Gasteiger partial charge < -0.3 is 14.7 Å².